The predicted molar refractivity (Wildman–Crippen MR) is 58.5 cm³/mol. The minimum absolute atomic E-state index is 0.325. The van der Waals surface area contributed by atoms with Crippen molar-refractivity contribution in [1.82, 2.24) is 4.57 Å². The van der Waals surface area contributed by atoms with Crippen LogP contribution in [-0.4, -0.2) is 4.57 Å². The summed E-state index contributed by atoms with van der Waals surface area (Å²) >= 11 is 3.39. The Kier molecular flexibility index (Phi) is 2.23. The first-order chi connectivity index (χ1) is 6.63. The van der Waals surface area contributed by atoms with Gasteiger partial charge in [-0.1, -0.05) is 6.92 Å². The highest BCUT2D eigenvalue weighted by molar-refractivity contribution is 9.10. The second-order valence-electron chi connectivity index (χ2n) is 3.21. The first kappa shape index (κ1) is 9.52. The zero-order valence-electron chi connectivity index (χ0n) is 8.00. The quantitative estimate of drug-likeness (QED) is 0.785. The van der Waals surface area contributed by atoms with E-state index in [9.17, 15) is 4.79 Å². The van der Waals surface area contributed by atoms with Gasteiger partial charge in [-0.3, -0.25) is 4.57 Å². The van der Waals surface area contributed by atoms with E-state index in [1.54, 1.807) is 7.05 Å². The summed E-state index contributed by atoms with van der Waals surface area (Å²) in [5.74, 6) is -0.325. The molecule has 4 heteroatoms. The molecule has 0 saturated heterocycles. The lowest BCUT2D eigenvalue weighted by Gasteiger charge is -1.99. The molecule has 14 heavy (non-hydrogen) atoms. The van der Waals surface area contributed by atoms with Crippen LogP contribution in [0.2, 0.25) is 0 Å². The second-order valence-corrected chi connectivity index (χ2v) is 4.06. The van der Waals surface area contributed by atoms with Crippen LogP contribution >= 0.6 is 15.9 Å². The number of oxazole rings is 1. The highest BCUT2D eigenvalue weighted by atomic mass is 79.9. The van der Waals surface area contributed by atoms with Crippen molar-refractivity contribution in [3.8, 4) is 0 Å². The number of hydrogen-bond acceptors (Lipinski definition) is 2. The summed E-state index contributed by atoms with van der Waals surface area (Å²) in [5.41, 5.74) is 2.64. The summed E-state index contributed by atoms with van der Waals surface area (Å²) in [6.45, 7) is 2.08. The van der Waals surface area contributed by atoms with Gasteiger partial charge in [-0.25, -0.2) is 4.79 Å². The monoisotopic (exact) mass is 255 g/mol. The van der Waals surface area contributed by atoms with Gasteiger partial charge in [-0.2, -0.15) is 0 Å². The van der Waals surface area contributed by atoms with Gasteiger partial charge in [0.1, 0.15) is 0 Å². The van der Waals surface area contributed by atoms with Crippen molar-refractivity contribution in [2.75, 3.05) is 0 Å². The Hall–Kier alpha value is -1.03. The molecule has 2 rings (SSSR count). The highest BCUT2D eigenvalue weighted by Crippen LogP contribution is 2.24. The Morgan fingerprint density at radius 2 is 2.21 bits per heavy atom. The Morgan fingerprint density at radius 3 is 2.86 bits per heavy atom. The molecule has 3 nitrogen and oxygen atoms in total. The number of benzene rings is 1. The molecular weight excluding hydrogens is 246 g/mol. The van der Waals surface area contributed by atoms with Gasteiger partial charge in [0.2, 0.25) is 0 Å². The van der Waals surface area contributed by atoms with Crippen molar-refractivity contribution in [3.05, 3.63) is 32.7 Å². The Morgan fingerprint density at radius 1 is 1.50 bits per heavy atom. The maximum atomic E-state index is 11.3. The van der Waals surface area contributed by atoms with Gasteiger partial charge < -0.3 is 4.42 Å². The minimum atomic E-state index is -0.325. The van der Waals surface area contributed by atoms with Crippen LogP contribution in [0.3, 0.4) is 0 Å². The van der Waals surface area contributed by atoms with Crippen LogP contribution in [0, 0.1) is 0 Å². The molecule has 0 saturated carbocycles. The van der Waals surface area contributed by atoms with Gasteiger partial charge in [-0.05, 0) is 40.0 Å². The van der Waals surface area contributed by atoms with Crippen LogP contribution in [0.15, 0.2) is 25.8 Å². The van der Waals surface area contributed by atoms with Crippen molar-refractivity contribution >= 4 is 27.0 Å². The number of nitrogens with zero attached hydrogens (tertiary/aromatic N) is 1. The molecule has 0 amide bonds. The number of hydrogen-bond donors (Lipinski definition) is 0. The van der Waals surface area contributed by atoms with Crippen molar-refractivity contribution in [2.45, 2.75) is 13.3 Å². The van der Waals surface area contributed by atoms with Gasteiger partial charge >= 0.3 is 5.76 Å². The largest absolute Gasteiger partial charge is 0.419 e. The standard InChI is InChI=1S/C10H10BrNO2/c1-3-6-4-7(11)9-8(5-6)12(2)10(13)14-9/h4-5H,3H2,1-2H3. The summed E-state index contributed by atoms with van der Waals surface area (Å²) in [7, 11) is 1.71. The normalized spacial score (nSPS) is 11.1. The minimum Gasteiger partial charge on any atom is -0.406 e. The van der Waals surface area contributed by atoms with Gasteiger partial charge in [0.15, 0.2) is 5.58 Å². The summed E-state index contributed by atoms with van der Waals surface area (Å²) in [6.07, 6.45) is 0.938. The van der Waals surface area contributed by atoms with E-state index in [4.69, 9.17) is 4.42 Å². The summed E-state index contributed by atoms with van der Waals surface area (Å²) < 4.78 is 7.44. The van der Waals surface area contributed by atoms with E-state index < -0.39 is 0 Å². The van der Waals surface area contributed by atoms with Crippen molar-refractivity contribution in [1.29, 1.82) is 0 Å². The fourth-order valence-corrected chi connectivity index (χ4v) is 2.02. The van der Waals surface area contributed by atoms with E-state index in [0.717, 1.165) is 16.4 Å². The topological polar surface area (TPSA) is 35.1 Å². The average Bonchev–Trinajstić information content (AvgIpc) is 2.45. The molecule has 0 aliphatic heterocycles. The fourth-order valence-electron chi connectivity index (χ4n) is 1.44. The van der Waals surface area contributed by atoms with E-state index in [1.807, 2.05) is 12.1 Å². The third-order valence-corrected chi connectivity index (χ3v) is 2.91. The number of aryl methyl sites for hydroxylation is 2. The smallest absolute Gasteiger partial charge is 0.406 e. The maximum Gasteiger partial charge on any atom is 0.419 e. The first-order valence-corrected chi connectivity index (χ1v) is 5.20. The van der Waals surface area contributed by atoms with Gasteiger partial charge in [0.05, 0.1) is 9.99 Å². The zero-order chi connectivity index (χ0) is 10.3. The van der Waals surface area contributed by atoms with E-state index in [2.05, 4.69) is 22.9 Å². The summed E-state index contributed by atoms with van der Waals surface area (Å²) in [4.78, 5) is 11.3. The molecule has 0 unspecified atom stereocenters. The van der Waals surface area contributed by atoms with Crippen LogP contribution in [0.5, 0.6) is 0 Å². The summed E-state index contributed by atoms with van der Waals surface area (Å²) in [5, 5.41) is 0. The molecule has 74 valence electrons. The molecule has 0 radical (unpaired) electrons. The summed E-state index contributed by atoms with van der Waals surface area (Å²) in [6, 6.07) is 3.95. The Bertz CT molecular complexity index is 539. The molecule has 0 bridgehead atoms. The van der Waals surface area contributed by atoms with Crippen molar-refractivity contribution in [2.24, 2.45) is 7.05 Å². The van der Waals surface area contributed by atoms with E-state index >= 15 is 0 Å². The van der Waals surface area contributed by atoms with Crippen molar-refractivity contribution < 1.29 is 4.42 Å². The maximum absolute atomic E-state index is 11.3. The molecule has 0 N–H and O–H groups in total. The fraction of sp³-hybridized carbons (Fsp3) is 0.300. The zero-order valence-corrected chi connectivity index (χ0v) is 9.59. The molecule has 0 spiro atoms. The first-order valence-electron chi connectivity index (χ1n) is 4.41. The lowest BCUT2D eigenvalue weighted by Crippen LogP contribution is -2.08. The van der Waals surface area contributed by atoms with Gasteiger partial charge in [0, 0.05) is 7.05 Å². The molecule has 0 aliphatic carbocycles. The molecule has 0 fully saturated rings. The number of rotatable bonds is 1. The molecule has 1 aromatic heterocycles. The van der Waals surface area contributed by atoms with Crippen LogP contribution in [0.25, 0.3) is 11.1 Å². The molecule has 1 heterocycles. The Balaban J connectivity index is 2.90. The number of halogens is 1. The molecule has 0 aliphatic rings. The van der Waals surface area contributed by atoms with Crippen molar-refractivity contribution in [3.63, 3.8) is 0 Å². The number of aromatic nitrogens is 1. The number of fused-ring (bicyclic) bond motifs is 1. The lowest BCUT2D eigenvalue weighted by molar-refractivity contribution is 0.527. The molecule has 0 atom stereocenters. The van der Waals surface area contributed by atoms with Crippen LogP contribution in [0.1, 0.15) is 12.5 Å². The van der Waals surface area contributed by atoms with Crippen LogP contribution in [-0.2, 0) is 13.5 Å². The van der Waals surface area contributed by atoms with Crippen LogP contribution < -0.4 is 5.76 Å². The van der Waals surface area contributed by atoms with E-state index in [-0.39, 0.29) is 5.76 Å². The van der Waals surface area contributed by atoms with Gasteiger partial charge in [0.25, 0.3) is 0 Å². The molecule has 1 aromatic carbocycles. The predicted octanol–water partition coefficient (Wildman–Crippen LogP) is 2.46. The Labute approximate surface area is 89.5 Å². The van der Waals surface area contributed by atoms with E-state index in [0.29, 0.717) is 5.58 Å². The highest BCUT2D eigenvalue weighted by Gasteiger charge is 2.09. The second kappa shape index (κ2) is 3.28. The lowest BCUT2D eigenvalue weighted by atomic mass is 10.1. The molecular formula is C10H10BrNO2. The van der Waals surface area contributed by atoms with Crippen LogP contribution in [0.4, 0.5) is 0 Å². The third-order valence-electron chi connectivity index (χ3n) is 2.32. The average molecular weight is 256 g/mol. The third kappa shape index (κ3) is 1.30. The van der Waals surface area contributed by atoms with E-state index in [1.165, 1.54) is 10.1 Å². The van der Waals surface area contributed by atoms with Gasteiger partial charge in [-0.15, -0.1) is 0 Å². The SMILES string of the molecule is CCc1cc(Br)c2oc(=O)n(C)c2c1. The molecule has 2 aromatic rings.